The van der Waals surface area contributed by atoms with E-state index in [1.807, 2.05) is 4.68 Å². The van der Waals surface area contributed by atoms with Crippen LogP contribution in [0.25, 0.3) is 11.3 Å². The minimum Gasteiger partial charge on any atom is -0.383 e. The Bertz CT molecular complexity index is 1010. The van der Waals surface area contributed by atoms with Crippen molar-refractivity contribution in [1.82, 2.24) is 19.7 Å². The molecular weight excluding hydrogens is 400 g/mol. The summed E-state index contributed by atoms with van der Waals surface area (Å²) in [6.45, 7) is 2.92. The standard InChI is InChI=1S/C20H22ClF2N5O/c1-29-3-2-27-9-12-16-17(27)20(12,16)15-5-14(10-4-13(21)18(24)25-7-10)26-28(15)8-11-6-19(11,22)23/h4-5,7,11-12,16-17H,2-3,6,8-9H2,1H3,(H2,24,25)/t11?,12-,16-,17?,20-/m1/s1. The number of ether oxygens (including phenoxy) is 1. The Morgan fingerprint density at radius 3 is 2.83 bits per heavy atom. The molecular formula is C20H22ClF2N5O. The van der Waals surface area contributed by atoms with Crippen LogP contribution in [0.2, 0.25) is 5.02 Å². The van der Waals surface area contributed by atoms with E-state index in [0.29, 0.717) is 35.2 Å². The molecule has 3 aliphatic carbocycles. The largest absolute Gasteiger partial charge is 0.383 e. The highest BCUT2D eigenvalue weighted by Crippen LogP contribution is 2.85. The summed E-state index contributed by atoms with van der Waals surface area (Å²) in [5, 5.41) is 5.08. The summed E-state index contributed by atoms with van der Waals surface area (Å²) in [5.41, 5.74) is 8.36. The summed E-state index contributed by atoms with van der Waals surface area (Å²) in [7, 11) is 1.71. The maximum absolute atomic E-state index is 13.6. The molecule has 5 fully saturated rings. The summed E-state index contributed by atoms with van der Waals surface area (Å²) in [6.07, 6.45) is 1.58. The quantitative estimate of drug-likeness (QED) is 0.744. The summed E-state index contributed by atoms with van der Waals surface area (Å²) in [5.74, 6) is -1.71. The topological polar surface area (TPSA) is 69.2 Å². The Hall–Kier alpha value is -1.77. The first-order valence-electron chi connectivity index (χ1n) is 9.98. The summed E-state index contributed by atoms with van der Waals surface area (Å²) in [4.78, 5) is 6.60. The van der Waals surface area contributed by atoms with Gasteiger partial charge in [-0.3, -0.25) is 9.58 Å². The number of nitrogens with zero attached hydrogens (tertiary/aromatic N) is 4. The number of alkyl halides is 2. The minimum atomic E-state index is -2.57. The lowest BCUT2D eigenvalue weighted by atomic mass is 10.0. The molecule has 5 aliphatic rings. The molecule has 2 aliphatic heterocycles. The van der Waals surface area contributed by atoms with Crippen LogP contribution in [0.1, 0.15) is 12.1 Å². The Morgan fingerprint density at radius 2 is 2.17 bits per heavy atom. The van der Waals surface area contributed by atoms with Gasteiger partial charge in [-0.1, -0.05) is 11.6 Å². The average Bonchev–Trinajstić information content (AvgIpc) is 3.49. The first kappa shape index (κ1) is 18.0. The van der Waals surface area contributed by atoms with Crippen molar-refractivity contribution in [1.29, 1.82) is 0 Å². The highest BCUT2D eigenvalue weighted by Gasteiger charge is 2.93. The van der Waals surface area contributed by atoms with Crippen molar-refractivity contribution in [3.05, 3.63) is 29.0 Å². The van der Waals surface area contributed by atoms with Crippen LogP contribution in [0.5, 0.6) is 0 Å². The predicted octanol–water partition coefficient (Wildman–Crippen LogP) is 2.66. The zero-order valence-electron chi connectivity index (χ0n) is 16.0. The Balaban J connectivity index is 1.34. The number of hydrogen-bond donors (Lipinski definition) is 1. The van der Waals surface area contributed by atoms with Gasteiger partial charge in [-0.15, -0.1) is 0 Å². The zero-order valence-corrected chi connectivity index (χ0v) is 16.7. The van der Waals surface area contributed by atoms with E-state index in [1.54, 1.807) is 19.4 Å². The molecule has 29 heavy (non-hydrogen) atoms. The van der Waals surface area contributed by atoms with E-state index >= 15 is 0 Å². The molecule has 2 saturated heterocycles. The van der Waals surface area contributed by atoms with Crippen molar-refractivity contribution in [2.24, 2.45) is 17.8 Å². The second-order valence-electron chi connectivity index (χ2n) is 8.85. The molecule has 0 radical (unpaired) electrons. The van der Waals surface area contributed by atoms with E-state index in [0.717, 1.165) is 24.3 Å². The molecule has 2 aromatic rings. The SMILES string of the molecule is COCCN1C[C@@H]2[C@@H]3C1[C@@]23c1cc(-c2cnc(N)c(Cl)c2)nn1CC1CC1(F)F. The van der Waals surface area contributed by atoms with Crippen LogP contribution < -0.4 is 5.73 Å². The van der Waals surface area contributed by atoms with Gasteiger partial charge in [-0.05, 0) is 24.0 Å². The van der Waals surface area contributed by atoms with Gasteiger partial charge in [0.2, 0.25) is 0 Å². The lowest BCUT2D eigenvalue weighted by Crippen LogP contribution is -2.27. The fourth-order valence-corrected chi connectivity index (χ4v) is 5.84. The summed E-state index contributed by atoms with van der Waals surface area (Å²) in [6, 6.07) is 4.27. The van der Waals surface area contributed by atoms with E-state index in [9.17, 15) is 8.78 Å². The molecule has 154 valence electrons. The van der Waals surface area contributed by atoms with Gasteiger partial charge in [0, 0.05) is 61.4 Å². The molecule has 2 unspecified atom stereocenters. The second kappa shape index (κ2) is 5.68. The van der Waals surface area contributed by atoms with Crippen LogP contribution in [0.3, 0.4) is 0 Å². The molecule has 0 amide bonds. The molecule has 6 nitrogen and oxygen atoms in total. The average molecular weight is 422 g/mol. The first-order valence-corrected chi connectivity index (χ1v) is 10.4. The third-order valence-electron chi connectivity index (χ3n) is 7.36. The normalized spacial score (nSPS) is 35.6. The summed E-state index contributed by atoms with van der Waals surface area (Å²) >= 11 is 6.14. The number of aromatic nitrogens is 3. The van der Waals surface area contributed by atoms with E-state index in [1.165, 1.54) is 0 Å². The number of rotatable bonds is 7. The number of nitrogens with two attached hydrogens (primary N) is 1. The zero-order chi connectivity index (χ0) is 20.1. The van der Waals surface area contributed by atoms with E-state index < -0.39 is 11.8 Å². The van der Waals surface area contributed by atoms with Crippen molar-refractivity contribution < 1.29 is 13.5 Å². The third-order valence-corrected chi connectivity index (χ3v) is 7.66. The smallest absolute Gasteiger partial charge is 0.253 e. The monoisotopic (exact) mass is 421 g/mol. The van der Waals surface area contributed by atoms with Gasteiger partial charge < -0.3 is 10.5 Å². The number of nitrogen functional groups attached to an aromatic ring is 1. The third kappa shape index (κ3) is 2.39. The van der Waals surface area contributed by atoms with Crippen LogP contribution in [0.15, 0.2) is 18.3 Å². The van der Waals surface area contributed by atoms with Crippen molar-refractivity contribution in [3.63, 3.8) is 0 Å². The molecule has 2 aromatic heterocycles. The Kier molecular flexibility index (Phi) is 3.53. The number of piperidine rings is 1. The van der Waals surface area contributed by atoms with Gasteiger partial charge in [-0.25, -0.2) is 13.8 Å². The van der Waals surface area contributed by atoms with Crippen molar-refractivity contribution >= 4 is 17.4 Å². The number of pyridine rings is 1. The van der Waals surface area contributed by atoms with Crippen LogP contribution in [-0.2, 0) is 16.7 Å². The van der Waals surface area contributed by atoms with Crippen LogP contribution >= 0.6 is 11.6 Å². The molecule has 0 spiro atoms. The van der Waals surface area contributed by atoms with Gasteiger partial charge >= 0.3 is 0 Å². The van der Waals surface area contributed by atoms with E-state index in [2.05, 4.69) is 16.0 Å². The molecule has 2 bridgehead atoms. The van der Waals surface area contributed by atoms with Gasteiger partial charge in [0.25, 0.3) is 5.92 Å². The van der Waals surface area contributed by atoms with Gasteiger partial charge in [0.15, 0.2) is 0 Å². The van der Waals surface area contributed by atoms with Gasteiger partial charge in [-0.2, -0.15) is 5.10 Å². The van der Waals surface area contributed by atoms with Gasteiger partial charge in [0.05, 0.1) is 23.9 Å². The van der Waals surface area contributed by atoms with Crippen molar-refractivity contribution in [2.45, 2.75) is 30.3 Å². The van der Waals surface area contributed by atoms with Crippen LogP contribution in [-0.4, -0.2) is 58.4 Å². The highest BCUT2D eigenvalue weighted by atomic mass is 35.5. The predicted molar refractivity (Wildman–Crippen MR) is 104 cm³/mol. The molecule has 5 atom stereocenters. The fraction of sp³-hybridized carbons (Fsp3) is 0.600. The number of fused-ring (bicyclic) bond motifs is 1. The lowest BCUT2D eigenvalue weighted by Gasteiger charge is -2.16. The lowest BCUT2D eigenvalue weighted by molar-refractivity contribution is 0.0939. The number of anilines is 1. The molecule has 2 N–H and O–H groups in total. The molecule has 0 aromatic carbocycles. The first-order chi connectivity index (χ1) is 13.9. The van der Waals surface area contributed by atoms with Crippen molar-refractivity contribution in [3.8, 4) is 11.3 Å². The highest BCUT2D eigenvalue weighted by molar-refractivity contribution is 6.33. The van der Waals surface area contributed by atoms with Crippen molar-refractivity contribution in [2.75, 3.05) is 32.5 Å². The van der Waals surface area contributed by atoms with Crippen LogP contribution in [0, 0.1) is 17.8 Å². The second-order valence-corrected chi connectivity index (χ2v) is 9.26. The molecule has 3 saturated carbocycles. The maximum atomic E-state index is 13.6. The molecule has 4 heterocycles. The Morgan fingerprint density at radius 1 is 1.38 bits per heavy atom. The van der Waals surface area contributed by atoms with E-state index in [-0.39, 0.29) is 24.2 Å². The fourth-order valence-electron chi connectivity index (χ4n) is 5.67. The number of methoxy groups -OCH3 is 1. The van der Waals surface area contributed by atoms with Crippen LogP contribution in [0.4, 0.5) is 14.6 Å². The van der Waals surface area contributed by atoms with E-state index in [4.69, 9.17) is 27.2 Å². The minimum absolute atomic E-state index is 0.0554. The number of halogens is 3. The molecule has 9 heteroatoms. The number of hydrogen-bond acceptors (Lipinski definition) is 5. The van der Waals surface area contributed by atoms with Gasteiger partial charge in [0.1, 0.15) is 5.82 Å². The maximum Gasteiger partial charge on any atom is 0.253 e. The summed E-state index contributed by atoms with van der Waals surface area (Å²) < 4.78 is 34.3. The Labute approximate surface area is 172 Å². The molecule has 7 rings (SSSR count).